The molecule has 1 aliphatic heterocycles. The molecule has 0 saturated carbocycles. The largest absolute Gasteiger partial charge is 0.335 e. The van der Waals surface area contributed by atoms with E-state index in [0.717, 1.165) is 31.1 Å². The number of rotatable bonds is 1. The van der Waals surface area contributed by atoms with Gasteiger partial charge in [-0.15, -0.1) is 11.3 Å². The van der Waals surface area contributed by atoms with Gasteiger partial charge >= 0.3 is 0 Å². The quantitative estimate of drug-likeness (QED) is 0.785. The monoisotopic (exact) mass is 260 g/mol. The van der Waals surface area contributed by atoms with Crippen LogP contribution < -0.4 is 0 Å². The number of hydrogen-bond donors (Lipinski definition) is 0. The molecule has 3 rings (SSSR count). The summed E-state index contributed by atoms with van der Waals surface area (Å²) in [7, 11) is 2.10. The van der Waals surface area contributed by atoms with Crippen molar-refractivity contribution in [3.05, 3.63) is 35.2 Å². The van der Waals surface area contributed by atoms with Gasteiger partial charge < -0.3 is 9.80 Å². The van der Waals surface area contributed by atoms with Gasteiger partial charge in [-0.3, -0.25) is 4.79 Å². The first-order valence-corrected chi connectivity index (χ1v) is 7.02. The second-order valence-electron chi connectivity index (χ2n) is 4.74. The molecular formula is C14H16N2OS. The average Bonchev–Trinajstić information content (AvgIpc) is 2.82. The predicted molar refractivity (Wildman–Crippen MR) is 75.2 cm³/mol. The summed E-state index contributed by atoms with van der Waals surface area (Å²) in [5.41, 5.74) is 0. The average molecular weight is 260 g/mol. The molecule has 18 heavy (non-hydrogen) atoms. The number of carbonyl (C=O) groups excluding carboxylic acids is 1. The number of hydrogen-bond acceptors (Lipinski definition) is 3. The van der Waals surface area contributed by atoms with Crippen molar-refractivity contribution in [3.63, 3.8) is 0 Å². The molecule has 0 atom stereocenters. The Kier molecular flexibility index (Phi) is 3.06. The summed E-state index contributed by atoms with van der Waals surface area (Å²) >= 11 is 1.60. The number of amides is 1. The highest BCUT2D eigenvalue weighted by molar-refractivity contribution is 7.20. The van der Waals surface area contributed by atoms with Gasteiger partial charge in [-0.1, -0.05) is 18.2 Å². The molecule has 0 radical (unpaired) electrons. The van der Waals surface area contributed by atoms with Crippen LogP contribution in [0.3, 0.4) is 0 Å². The van der Waals surface area contributed by atoms with Gasteiger partial charge in [0.2, 0.25) is 0 Å². The van der Waals surface area contributed by atoms with Gasteiger partial charge in [0, 0.05) is 30.9 Å². The van der Waals surface area contributed by atoms with E-state index in [1.165, 1.54) is 10.1 Å². The van der Waals surface area contributed by atoms with Crippen LogP contribution in [-0.2, 0) is 0 Å². The van der Waals surface area contributed by atoms with Crippen LogP contribution in [-0.4, -0.2) is 48.9 Å². The molecule has 1 saturated heterocycles. The minimum atomic E-state index is 0.185. The highest BCUT2D eigenvalue weighted by Gasteiger charge is 2.21. The molecule has 1 aliphatic rings. The molecule has 0 aliphatic carbocycles. The number of piperazine rings is 1. The third-order valence-electron chi connectivity index (χ3n) is 3.43. The summed E-state index contributed by atoms with van der Waals surface area (Å²) in [6, 6.07) is 10.2. The van der Waals surface area contributed by atoms with E-state index in [-0.39, 0.29) is 5.91 Å². The summed E-state index contributed by atoms with van der Waals surface area (Å²) in [6.07, 6.45) is 0. The third kappa shape index (κ3) is 2.13. The van der Waals surface area contributed by atoms with Crippen molar-refractivity contribution in [2.75, 3.05) is 33.2 Å². The molecule has 0 spiro atoms. The Balaban J connectivity index is 1.83. The van der Waals surface area contributed by atoms with E-state index >= 15 is 0 Å². The molecule has 94 valence electrons. The second kappa shape index (κ2) is 4.71. The van der Waals surface area contributed by atoms with E-state index in [4.69, 9.17) is 0 Å². The van der Waals surface area contributed by atoms with Crippen LogP contribution in [0.15, 0.2) is 30.3 Å². The van der Waals surface area contributed by atoms with E-state index in [1.54, 1.807) is 11.3 Å². The van der Waals surface area contributed by atoms with Crippen molar-refractivity contribution >= 4 is 27.3 Å². The van der Waals surface area contributed by atoms with Crippen molar-refractivity contribution in [1.29, 1.82) is 0 Å². The molecule has 1 aromatic heterocycles. The lowest BCUT2D eigenvalue weighted by Gasteiger charge is -2.32. The maximum absolute atomic E-state index is 12.4. The lowest BCUT2D eigenvalue weighted by molar-refractivity contribution is 0.0669. The van der Waals surface area contributed by atoms with Gasteiger partial charge in [0.05, 0.1) is 4.88 Å². The minimum Gasteiger partial charge on any atom is -0.335 e. The molecule has 1 aromatic carbocycles. The van der Waals surface area contributed by atoms with Crippen LogP contribution >= 0.6 is 11.3 Å². The molecular weight excluding hydrogens is 244 g/mol. The van der Waals surface area contributed by atoms with Crippen LogP contribution in [0.4, 0.5) is 0 Å². The zero-order valence-corrected chi connectivity index (χ0v) is 11.2. The Morgan fingerprint density at radius 3 is 2.61 bits per heavy atom. The molecule has 2 heterocycles. The fourth-order valence-corrected chi connectivity index (χ4v) is 3.28. The number of likely N-dealkylation sites (N-methyl/N-ethyl adjacent to an activating group) is 1. The number of thiophene rings is 1. The summed E-state index contributed by atoms with van der Waals surface area (Å²) in [4.78, 5) is 17.5. The molecule has 0 N–H and O–H groups in total. The first-order valence-electron chi connectivity index (χ1n) is 6.20. The van der Waals surface area contributed by atoms with E-state index in [9.17, 15) is 4.79 Å². The number of carbonyl (C=O) groups is 1. The SMILES string of the molecule is CN1CCN(C(=O)c2cc3ccccc3s2)CC1. The molecule has 2 aromatic rings. The Morgan fingerprint density at radius 2 is 1.89 bits per heavy atom. The zero-order chi connectivity index (χ0) is 12.5. The summed E-state index contributed by atoms with van der Waals surface area (Å²) in [5.74, 6) is 0.185. The van der Waals surface area contributed by atoms with E-state index in [1.807, 2.05) is 23.1 Å². The van der Waals surface area contributed by atoms with Gasteiger partial charge in [-0.25, -0.2) is 0 Å². The Hall–Kier alpha value is -1.39. The predicted octanol–water partition coefficient (Wildman–Crippen LogP) is 2.29. The number of benzene rings is 1. The normalized spacial score (nSPS) is 17.3. The van der Waals surface area contributed by atoms with Crippen LogP contribution in [0.2, 0.25) is 0 Å². The second-order valence-corrected chi connectivity index (χ2v) is 5.83. The van der Waals surface area contributed by atoms with Gasteiger partial charge in [0.15, 0.2) is 0 Å². The lowest BCUT2D eigenvalue weighted by Crippen LogP contribution is -2.46. The Labute approximate surface area is 111 Å². The van der Waals surface area contributed by atoms with Crippen LogP contribution in [0.5, 0.6) is 0 Å². The summed E-state index contributed by atoms with van der Waals surface area (Å²) < 4.78 is 1.19. The number of nitrogens with zero attached hydrogens (tertiary/aromatic N) is 2. The lowest BCUT2D eigenvalue weighted by atomic mass is 10.2. The highest BCUT2D eigenvalue weighted by Crippen LogP contribution is 2.26. The molecule has 3 nitrogen and oxygen atoms in total. The Morgan fingerprint density at radius 1 is 1.17 bits per heavy atom. The fourth-order valence-electron chi connectivity index (χ4n) is 2.25. The topological polar surface area (TPSA) is 23.6 Å². The van der Waals surface area contributed by atoms with Crippen molar-refractivity contribution in [2.24, 2.45) is 0 Å². The van der Waals surface area contributed by atoms with Crippen LogP contribution in [0.25, 0.3) is 10.1 Å². The van der Waals surface area contributed by atoms with E-state index < -0.39 is 0 Å². The fraction of sp³-hybridized carbons (Fsp3) is 0.357. The Bertz CT molecular complexity index is 537. The van der Waals surface area contributed by atoms with Crippen molar-refractivity contribution in [2.45, 2.75) is 0 Å². The molecule has 4 heteroatoms. The van der Waals surface area contributed by atoms with Crippen molar-refractivity contribution < 1.29 is 4.79 Å². The first-order chi connectivity index (χ1) is 8.74. The van der Waals surface area contributed by atoms with Gasteiger partial charge in [0.25, 0.3) is 5.91 Å². The summed E-state index contributed by atoms with van der Waals surface area (Å²) in [6.45, 7) is 3.61. The highest BCUT2D eigenvalue weighted by atomic mass is 32.1. The first kappa shape index (κ1) is 11.7. The van der Waals surface area contributed by atoms with Gasteiger partial charge in [-0.2, -0.15) is 0 Å². The van der Waals surface area contributed by atoms with Gasteiger partial charge in [-0.05, 0) is 24.6 Å². The molecule has 1 fully saturated rings. The van der Waals surface area contributed by atoms with Gasteiger partial charge in [0.1, 0.15) is 0 Å². The van der Waals surface area contributed by atoms with E-state index in [2.05, 4.69) is 24.1 Å². The maximum atomic E-state index is 12.4. The smallest absolute Gasteiger partial charge is 0.264 e. The molecule has 1 amide bonds. The summed E-state index contributed by atoms with van der Waals surface area (Å²) in [5, 5.41) is 1.17. The molecule has 0 bridgehead atoms. The van der Waals surface area contributed by atoms with Crippen LogP contribution in [0.1, 0.15) is 9.67 Å². The van der Waals surface area contributed by atoms with Crippen molar-refractivity contribution in [1.82, 2.24) is 9.80 Å². The minimum absolute atomic E-state index is 0.185. The standard InChI is InChI=1S/C14H16N2OS/c1-15-6-8-16(9-7-15)14(17)13-10-11-4-2-3-5-12(11)18-13/h2-5,10H,6-9H2,1H3. The maximum Gasteiger partial charge on any atom is 0.264 e. The third-order valence-corrected chi connectivity index (χ3v) is 4.53. The molecule has 0 unspecified atom stereocenters. The number of fused-ring (bicyclic) bond motifs is 1. The van der Waals surface area contributed by atoms with Crippen LogP contribution in [0, 0.1) is 0 Å². The zero-order valence-electron chi connectivity index (χ0n) is 10.4. The van der Waals surface area contributed by atoms with Crippen molar-refractivity contribution in [3.8, 4) is 0 Å². The van der Waals surface area contributed by atoms with E-state index in [0.29, 0.717) is 0 Å².